The number of phenolic OH excluding ortho intramolecular Hbond substituents is 3. The Morgan fingerprint density at radius 2 is 1.14 bits per heavy atom. The highest BCUT2D eigenvalue weighted by Gasteiger charge is 2.14. The van der Waals surface area contributed by atoms with Gasteiger partial charge in [0.15, 0.2) is 17.2 Å². The van der Waals surface area contributed by atoms with Crippen LogP contribution in [0.4, 0.5) is 0 Å². The first kappa shape index (κ1) is 35.4. The van der Waals surface area contributed by atoms with Crippen molar-refractivity contribution in [3.05, 3.63) is 17.7 Å². The second-order valence-electron chi connectivity index (χ2n) is 8.19. The first-order valence-electron chi connectivity index (χ1n) is 12.4. The molecule has 0 unspecified atom stereocenters. The molecule has 1 aromatic carbocycles. The molecule has 0 heterocycles. The molecule has 0 aliphatic carbocycles. The summed E-state index contributed by atoms with van der Waals surface area (Å²) in [7, 11) is 0. The van der Waals surface area contributed by atoms with Gasteiger partial charge in [0.1, 0.15) is 0 Å². The number of hydrogen-bond donors (Lipinski definition) is 6. The number of aliphatic hydroxyl groups is 3. The predicted octanol–water partition coefficient (Wildman–Crippen LogP) is 3.26. The van der Waals surface area contributed by atoms with Gasteiger partial charge in [-0.3, -0.25) is 4.90 Å². The zero-order valence-electron chi connectivity index (χ0n) is 21.1. The van der Waals surface area contributed by atoms with E-state index in [4.69, 9.17) is 20.1 Å². The van der Waals surface area contributed by atoms with Gasteiger partial charge in [-0.1, -0.05) is 64.7 Å². The number of aliphatic hydroxyl groups excluding tert-OH is 3. The largest absolute Gasteiger partial charge is 0.504 e. The summed E-state index contributed by atoms with van der Waals surface area (Å²) in [6, 6.07) is 2.16. The lowest BCUT2D eigenvalue weighted by atomic mass is 10.1. The lowest BCUT2D eigenvalue weighted by Crippen LogP contribution is -2.32. The molecular weight excluding hydrogens is 474 g/mol. The Morgan fingerprint density at radius 1 is 0.743 bits per heavy atom. The van der Waals surface area contributed by atoms with Crippen molar-refractivity contribution in [2.45, 2.75) is 71.1 Å². The van der Waals surface area contributed by atoms with E-state index in [2.05, 4.69) is 6.92 Å². The van der Waals surface area contributed by atoms with Crippen LogP contribution < -0.4 is 0 Å². The number of unbranched alkanes of at least 4 members (excludes halogenated alkanes) is 9. The van der Waals surface area contributed by atoms with Crippen LogP contribution in [0.2, 0.25) is 0 Å². The summed E-state index contributed by atoms with van der Waals surface area (Å²) in [5.41, 5.74) is 0.0230. The van der Waals surface area contributed by atoms with E-state index < -0.39 is 23.2 Å². The summed E-state index contributed by atoms with van der Waals surface area (Å²) in [6.45, 7) is 4.29. The summed E-state index contributed by atoms with van der Waals surface area (Å²) in [5, 5.41) is 53.4. The number of carbonyl (C=O) groups is 1. The Morgan fingerprint density at radius 3 is 1.54 bits per heavy atom. The van der Waals surface area contributed by atoms with Gasteiger partial charge in [0, 0.05) is 19.6 Å². The molecule has 0 bridgehead atoms. The highest BCUT2D eigenvalue weighted by atomic mass is 32.1. The van der Waals surface area contributed by atoms with Crippen molar-refractivity contribution in [2.24, 2.45) is 0 Å². The standard InChI is InChI=1S/C19H30O5.C6H15NO3.H2S/c1-2-3-4-5-6-7-8-9-10-11-12-24-19(23)15-13-16(20)18(22)17(21)14-15;8-4-1-7(2-5-9)3-6-10;/h13-14,20-22H,2-12H2,1H3;8-10H,1-6H2;1H2. The summed E-state index contributed by atoms with van der Waals surface area (Å²) >= 11 is 0. The van der Waals surface area contributed by atoms with E-state index in [0.717, 1.165) is 31.4 Å². The van der Waals surface area contributed by atoms with E-state index in [-0.39, 0.29) is 38.9 Å². The second kappa shape index (κ2) is 24.0. The molecule has 0 aliphatic rings. The van der Waals surface area contributed by atoms with Gasteiger partial charge in [-0.25, -0.2) is 4.79 Å². The Labute approximate surface area is 216 Å². The van der Waals surface area contributed by atoms with Crippen LogP contribution in [-0.2, 0) is 4.74 Å². The molecule has 0 spiro atoms. The van der Waals surface area contributed by atoms with Crippen LogP contribution in [0.1, 0.15) is 81.5 Å². The number of benzene rings is 1. The molecular formula is C25H47NO8S. The first-order valence-corrected chi connectivity index (χ1v) is 12.4. The monoisotopic (exact) mass is 521 g/mol. The Kier molecular flexibility index (Phi) is 24.3. The van der Waals surface area contributed by atoms with Crippen molar-refractivity contribution in [1.82, 2.24) is 4.90 Å². The zero-order valence-corrected chi connectivity index (χ0v) is 22.1. The third kappa shape index (κ3) is 18.2. The van der Waals surface area contributed by atoms with Crippen molar-refractivity contribution in [3.8, 4) is 17.2 Å². The van der Waals surface area contributed by atoms with Crippen molar-refractivity contribution < 1.29 is 40.2 Å². The Hall–Kier alpha value is -1.72. The molecule has 0 amide bonds. The summed E-state index contributed by atoms with van der Waals surface area (Å²) in [6.07, 6.45) is 12.1. The van der Waals surface area contributed by atoms with E-state index in [1.807, 2.05) is 0 Å². The molecule has 6 N–H and O–H groups in total. The van der Waals surface area contributed by atoms with Crippen molar-refractivity contribution in [2.75, 3.05) is 46.1 Å². The van der Waals surface area contributed by atoms with E-state index in [9.17, 15) is 20.1 Å². The molecule has 0 aromatic heterocycles. The highest BCUT2D eigenvalue weighted by molar-refractivity contribution is 7.59. The van der Waals surface area contributed by atoms with Crippen molar-refractivity contribution in [3.63, 3.8) is 0 Å². The molecule has 9 nitrogen and oxygen atoms in total. The number of carbonyl (C=O) groups excluding carboxylic acids is 1. The average molecular weight is 522 g/mol. The fraction of sp³-hybridized carbons (Fsp3) is 0.720. The molecule has 0 atom stereocenters. The number of rotatable bonds is 18. The topological polar surface area (TPSA) is 151 Å². The highest BCUT2D eigenvalue weighted by Crippen LogP contribution is 2.35. The van der Waals surface area contributed by atoms with Crippen LogP contribution >= 0.6 is 13.5 Å². The molecule has 0 fully saturated rings. The van der Waals surface area contributed by atoms with Crippen LogP contribution in [0.3, 0.4) is 0 Å². The zero-order chi connectivity index (χ0) is 25.6. The van der Waals surface area contributed by atoms with Gasteiger partial charge in [-0.2, -0.15) is 13.5 Å². The average Bonchev–Trinajstić information content (AvgIpc) is 2.81. The first-order chi connectivity index (χ1) is 16.4. The van der Waals surface area contributed by atoms with Gasteiger partial charge < -0.3 is 35.4 Å². The Balaban J connectivity index is 0. The van der Waals surface area contributed by atoms with Gasteiger partial charge in [0.2, 0.25) is 0 Å². The molecule has 0 saturated carbocycles. The summed E-state index contributed by atoms with van der Waals surface area (Å²) in [5.74, 6) is -2.33. The van der Waals surface area contributed by atoms with Crippen LogP contribution in [0, 0.1) is 0 Å². The van der Waals surface area contributed by atoms with Gasteiger partial charge in [-0.15, -0.1) is 0 Å². The SMILES string of the molecule is CCCCCCCCCCCCOC(=O)c1cc(O)c(O)c(O)c1.OCCN(CCO)CCO.S. The molecule has 1 aromatic rings. The number of aromatic hydroxyl groups is 3. The van der Waals surface area contributed by atoms with Crippen LogP contribution in [0.15, 0.2) is 12.1 Å². The third-order valence-corrected chi connectivity index (χ3v) is 5.29. The molecule has 10 heteroatoms. The summed E-state index contributed by atoms with van der Waals surface area (Å²) in [4.78, 5) is 13.6. The molecule has 35 heavy (non-hydrogen) atoms. The normalized spacial score (nSPS) is 10.4. The molecule has 0 aliphatic heterocycles. The quantitative estimate of drug-likeness (QED) is 0.0971. The minimum absolute atomic E-state index is 0. The number of esters is 1. The summed E-state index contributed by atoms with van der Waals surface area (Å²) < 4.78 is 5.11. The van der Waals surface area contributed by atoms with Gasteiger partial charge in [0.05, 0.1) is 32.0 Å². The van der Waals surface area contributed by atoms with Crippen LogP contribution in [0.25, 0.3) is 0 Å². The minimum atomic E-state index is -0.638. The van der Waals surface area contributed by atoms with Crippen molar-refractivity contribution >= 4 is 19.5 Å². The smallest absolute Gasteiger partial charge is 0.338 e. The number of ether oxygens (including phenoxy) is 1. The maximum Gasteiger partial charge on any atom is 0.338 e. The molecule has 0 radical (unpaired) electrons. The number of hydrogen-bond acceptors (Lipinski definition) is 9. The fourth-order valence-corrected chi connectivity index (χ4v) is 3.32. The third-order valence-electron chi connectivity index (χ3n) is 5.29. The second-order valence-corrected chi connectivity index (χ2v) is 8.19. The number of nitrogens with zero attached hydrogens (tertiary/aromatic N) is 1. The number of phenols is 3. The fourth-order valence-electron chi connectivity index (χ4n) is 3.32. The van der Waals surface area contributed by atoms with E-state index >= 15 is 0 Å². The van der Waals surface area contributed by atoms with Crippen molar-refractivity contribution in [1.29, 1.82) is 0 Å². The molecule has 1 rings (SSSR count). The van der Waals surface area contributed by atoms with E-state index in [1.165, 1.54) is 44.9 Å². The lowest BCUT2D eigenvalue weighted by Gasteiger charge is -2.17. The van der Waals surface area contributed by atoms with Crippen LogP contribution in [0.5, 0.6) is 17.2 Å². The lowest BCUT2D eigenvalue weighted by molar-refractivity contribution is 0.0496. The Bertz CT molecular complexity index is 611. The predicted molar refractivity (Wildman–Crippen MR) is 142 cm³/mol. The van der Waals surface area contributed by atoms with Gasteiger partial charge >= 0.3 is 5.97 Å². The molecule has 0 saturated heterocycles. The minimum Gasteiger partial charge on any atom is -0.504 e. The molecule has 206 valence electrons. The van der Waals surface area contributed by atoms with E-state index in [1.54, 1.807) is 4.90 Å². The maximum absolute atomic E-state index is 11.8. The van der Waals surface area contributed by atoms with Gasteiger partial charge in [0.25, 0.3) is 0 Å². The van der Waals surface area contributed by atoms with Crippen LogP contribution in [-0.4, -0.2) is 87.6 Å². The maximum atomic E-state index is 11.8. The van der Waals surface area contributed by atoms with Gasteiger partial charge in [-0.05, 0) is 18.6 Å². The van der Waals surface area contributed by atoms with E-state index in [0.29, 0.717) is 26.2 Å².